The Bertz CT molecular complexity index is 1670. The van der Waals surface area contributed by atoms with Gasteiger partial charge in [0.05, 0.1) is 0 Å². The van der Waals surface area contributed by atoms with Crippen molar-refractivity contribution >= 4 is 71.4 Å². The van der Waals surface area contributed by atoms with Crippen molar-refractivity contribution in [2.24, 2.45) is 17.2 Å². The molecule has 0 radical (unpaired) electrons. The number of alkyl carbamates (subject to hydrolysis) is 2. The summed E-state index contributed by atoms with van der Waals surface area (Å²) in [4.78, 5) is 156. The summed E-state index contributed by atoms with van der Waals surface area (Å²) < 4.78 is 10.2. The first-order valence-electron chi connectivity index (χ1n) is 23.0. The van der Waals surface area contributed by atoms with Gasteiger partial charge in [-0.15, -0.1) is 10.1 Å². The molecular formula is C43H75N11O16. The van der Waals surface area contributed by atoms with Crippen LogP contribution in [0, 0.1) is 0 Å². The Kier molecular flexibility index (Phi) is 30.8. The van der Waals surface area contributed by atoms with Gasteiger partial charge in [-0.25, -0.2) is 19.2 Å². The van der Waals surface area contributed by atoms with Crippen LogP contribution in [0.15, 0.2) is 0 Å². The summed E-state index contributed by atoms with van der Waals surface area (Å²) in [5.74, 6) is -7.30. The molecule has 0 aliphatic carbocycles. The summed E-state index contributed by atoms with van der Waals surface area (Å²) in [6.07, 6.45) is 2.71. The van der Waals surface area contributed by atoms with E-state index in [1.54, 1.807) is 41.5 Å². The second kappa shape index (κ2) is 33.9. The Labute approximate surface area is 408 Å². The largest absolute Gasteiger partial charge is 0.444 e. The molecule has 2 saturated heterocycles. The van der Waals surface area contributed by atoms with E-state index in [1.165, 1.54) is 11.9 Å². The van der Waals surface area contributed by atoms with Crippen molar-refractivity contribution in [3.8, 4) is 0 Å². The van der Waals surface area contributed by atoms with E-state index in [-0.39, 0.29) is 86.6 Å². The highest BCUT2D eigenvalue weighted by molar-refractivity contribution is 6.02. The molecule has 0 unspecified atom stereocenters. The lowest BCUT2D eigenvalue weighted by Gasteiger charge is -2.23. The van der Waals surface area contributed by atoms with Gasteiger partial charge in [-0.1, -0.05) is 12.8 Å². The molecule has 2 aliphatic rings. The molecule has 10 N–H and O–H groups in total. The summed E-state index contributed by atoms with van der Waals surface area (Å²) in [7, 11) is 1.50. The molecule has 0 aromatic rings. The van der Waals surface area contributed by atoms with Crippen molar-refractivity contribution in [2.45, 2.75) is 130 Å². The van der Waals surface area contributed by atoms with Gasteiger partial charge >= 0.3 is 24.1 Å². The predicted molar refractivity (Wildman–Crippen MR) is 247 cm³/mol. The molecule has 0 aromatic carbocycles. The average molecular weight is 1000 g/mol. The van der Waals surface area contributed by atoms with E-state index >= 15 is 0 Å². The smallest absolute Gasteiger partial charge is 0.407 e. The molecule has 70 heavy (non-hydrogen) atoms. The van der Waals surface area contributed by atoms with E-state index in [4.69, 9.17) is 30.6 Å². The number of amides is 10. The highest BCUT2D eigenvalue weighted by Gasteiger charge is 2.36. The van der Waals surface area contributed by atoms with Gasteiger partial charge in [0.25, 0.3) is 23.6 Å². The highest BCUT2D eigenvalue weighted by atomic mass is 16.7. The lowest BCUT2D eigenvalue weighted by Crippen LogP contribution is -2.46. The van der Waals surface area contributed by atoms with Crippen molar-refractivity contribution in [1.29, 1.82) is 0 Å². The summed E-state index contributed by atoms with van der Waals surface area (Å²) in [6.45, 7) is 9.91. The number of nitrogens with zero attached hydrogens (tertiary/aromatic N) is 4. The monoisotopic (exact) mass is 1000 g/mol. The zero-order valence-electron chi connectivity index (χ0n) is 41.6. The predicted octanol–water partition coefficient (Wildman–Crippen LogP) is -1.26. The fraction of sp³-hybridized carbons (Fsp3) is 0.721. The Morgan fingerprint density at radius 2 is 0.800 bits per heavy atom. The van der Waals surface area contributed by atoms with Gasteiger partial charge in [0.2, 0.25) is 23.6 Å². The van der Waals surface area contributed by atoms with Crippen LogP contribution in [0.4, 0.5) is 9.59 Å². The Hall–Kier alpha value is -6.48. The quantitative estimate of drug-likeness (QED) is 0.0393. The summed E-state index contributed by atoms with van der Waals surface area (Å²) in [5.41, 5.74) is 14.0. The third-order valence-corrected chi connectivity index (χ3v) is 8.83. The molecule has 10 amide bonds. The number of carbonyl (C=O) groups excluding carboxylic acids is 12. The summed E-state index contributed by atoms with van der Waals surface area (Å²) >= 11 is 0. The number of imide groups is 2. The van der Waals surface area contributed by atoms with Gasteiger partial charge < -0.3 is 67.4 Å². The SMILES string of the molecule is CC(C)(C)OC(=O)NCCC(=O)N(CC(=O)NCCCCCN)CC(=O)NCCCCCN.CC(C)(C)OC(=O)NCCC(=O)N(CC(=O)ON1C(=O)CCC1=O)CC(=O)ON1C(=O)CCC1=O.CN. The number of nitrogens with one attached hydrogen (secondary N) is 4. The van der Waals surface area contributed by atoms with Crippen molar-refractivity contribution in [2.75, 3.05) is 72.5 Å². The van der Waals surface area contributed by atoms with Gasteiger partial charge in [-0.3, -0.25) is 38.4 Å². The minimum atomic E-state index is -1.21. The zero-order valence-corrected chi connectivity index (χ0v) is 41.6. The number of nitrogens with two attached hydrogens (primary N) is 3. The number of hydrogen-bond acceptors (Lipinski definition) is 19. The molecule has 2 heterocycles. The van der Waals surface area contributed by atoms with Crippen LogP contribution < -0.4 is 38.5 Å². The lowest BCUT2D eigenvalue weighted by molar-refractivity contribution is -0.201. The van der Waals surface area contributed by atoms with Gasteiger partial charge in [0, 0.05) is 64.7 Å². The molecule has 398 valence electrons. The maximum atomic E-state index is 12.7. The molecule has 0 saturated carbocycles. The number of hydrogen-bond donors (Lipinski definition) is 7. The first-order chi connectivity index (χ1) is 32.8. The fourth-order valence-corrected chi connectivity index (χ4v) is 5.65. The maximum Gasteiger partial charge on any atom is 0.407 e. The number of unbranched alkanes of at least 4 members (excludes halogenated alkanes) is 4. The molecular weight excluding hydrogens is 927 g/mol. The van der Waals surface area contributed by atoms with E-state index < -0.39 is 83.9 Å². The van der Waals surface area contributed by atoms with Crippen molar-refractivity contribution in [3.63, 3.8) is 0 Å². The van der Waals surface area contributed by atoms with Crippen molar-refractivity contribution < 1.29 is 76.7 Å². The Morgan fingerprint density at radius 3 is 1.10 bits per heavy atom. The molecule has 0 atom stereocenters. The van der Waals surface area contributed by atoms with Crippen LogP contribution in [0.25, 0.3) is 0 Å². The van der Waals surface area contributed by atoms with Crippen LogP contribution in [0.1, 0.15) is 119 Å². The fourth-order valence-electron chi connectivity index (χ4n) is 5.65. The standard InChI is InChI=1S/C22H44N6O5.C20H26N4O11.CH5N/c1-22(2,3)33-21(32)27-15-10-20(31)28(16-18(29)25-13-8-4-6-11-23)17-19(30)26-14-9-5-7-12-24;1-20(2,3)33-19(32)21-9-8-12(25)22(10-17(30)34-23-13(26)4-5-14(23)27)11-18(31)35-24-15(28)6-7-16(24)29;1-2/h4-17,23-24H2,1-3H3,(H,25,29)(H,26,30)(H,27,32);4-11H2,1-3H3,(H,21,32);2H2,1H3. The van der Waals surface area contributed by atoms with Crippen molar-refractivity contribution in [3.05, 3.63) is 0 Å². The molecule has 0 aromatic heterocycles. The summed E-state index contributed by atoms with van der Waals surface area (Å²) in [5, 5.41) is 10.9. The third-order valence-electron chi connectivity index (χ3n) is 8.83. The number of carbonyl (C=O) groups is 12. The molecule has 2 rings (SSSR count). The van der Waals surface area contributed by atoms with Crippen LogP contribution in [0.3, 0.4) is 0 Å². The van der Waals surface area contributed by atoms with Gasteiger partial charge in [0.15, 0.2) is 0 Å². The Balaban J connectivity index is 0.00000132. The third kappa shape index (κ3) is 29.4. The van der Waals surface area contributed by atoms with E-state index in [0.29, 0.717) is 31.1 Å². The maximum absolute atomic E-state index is 12.7. The molecule has 2 fully saturated rings. The average Bonchev–Trinajstić information content (AvgIpc) is 3.75. The molecule has 0 bridgehead atoms. The summed E-state index contributed by atoms with van der Waals surface area (Å²) in [6, 6.07) is 0. The normalized spacial score (nSPS) is 13.2. The van der Waals surface area contributed by atoms with Crippen LogP contribution in [-0.2, 0) is 67.1 Å². The van der Waals surface area contributed by atoms with E-state index in [2.05, 4.69) is 27.0 Å². The van der Waals surface area contributed by atoms with Gasteiger partial charge in [-0.05, 0) is 87.4 Å². The second-order valence-corrected chi connectivity index (χ2v) is 17.3. The van der Waals surface area contributed by atoms with E-state index in [1.807, 2.05) is 0 Å². The second-order valence-electron chi connectivity index (χ2n) is 17.3. The molecule has 0 spiro atoms. The highest BCUT2D eigenvalue weighted by Crippen LogP contribution is 2.15. The van der Waals surface area contributed by atoms with Crippen LogP contribution in [0.2, 0.25) is 0 Å². The van der Waals surface area contributed by atoms with Crippen LogP contribution in [-0.4, -0.2) is 175 Å². The van der Waals surface area contributed by atoms with Crippen LogP contribution in [0.5, 0.6) is 0 Å². The van der Waals surface area contributed by atoms with E-state index in [9.17, 15) is 57.5 Å². The van der Waals surface area contributed by atoms with Gasteiger partial charge in [-0.2, -0.15) is 0 Å². The first kappa shape index (κ1) is 63.5. The lowest BCUT2D eigenvalue weighted by atomic mass is 10.2. The van der Waals surface area contributed by atoms with Gasteiger partial charge in [0.1, 0.15) is 37.4 Å². The van der Waals surface area contributed by atoms with E-state index in [0.717, 1.165) is 38.5 Å². The number of ether oxygens (including phenoxy) is 2. The molecule has 27 heteroatoms. The van der Waals surface area contributed by atoms with Crippen molar-refractivity contribution in [1.82, 2.24) is 41.2 Å². The number of rotatable bonds is 26. The number of hydroxylamine groups is 4. The minimum Gasteiger partial charge on any atom is -0.444 e. The molecule has 27 nitrogen and oxygen atoms in total. The topological polar surface area (TPSA) is 381 Å². The minimum absolute atomic E-state index is 0.0334. The Morgan fingerprint density at radius 1 is 0.486 bits per heavy atom. The zero-order chi connectivity index (χ0) is 53.5. The molecule has 2 aliphatic heterocycles. The van der Waals surface area contributed by atoms with Crippen LogP contribution >= 0.6 is 0 Å². The first-order valence-corrected chi connectivity index (χ1v) is 23.0.